The first-order chi connectivity index (χ1) is 7.40. The molecule has 16 heavy (non-hydrogen) atoms. The maximum Gasteiger partial charge on any atom is 0.124 e. The van der Waals surface area contributed by atoms with Crippen molar-refractivity contribution >= 4 is 18.2 Å². The Morgan fingerprint density at radius 1 is 1.38 bits per heavy atom. The molecule has 0 aliphatic carbocycles. The zero-order valence-corrected chi connectivity index (χ0v) is 10.00. The molecule has 0 aliphatic heterocycles. The fourth-order valence-electron chi connectivity index (χ4n) is 1.44. The number of aromatic amines is 1. The molecular weight excluding hydrogens is 226 g/mol. The summed E-state index contributed by atoms with van der Waals surface area (Å²) in [4.78, 5) is 0. The summed E-state index contributed by atoms with van der Waals surface area (Å²) in [6.07, 6.45) is 4.64. The van der Waals surface area contributed by atoms with E-state index < -0.39 is 0 Å². The van der Waals surface area contributed by atoms with Crippen LogP contribution in [0.4, 0.5) is 5.82 Å². The van der Waals surface area contributed by atoms with Gasteiger partial charge in [0.2, 0.25) is 0 Å². The highest BCUT2D eigenvalue weighted by Crippen LogP contribution is 2.08. The second-order valence-corrected chi connectivity index (χ2v) is 3.38. The summed E-state index contributed by atoms with van der Waals surface area (Å²) in [6.45, 7) is 3.83. The van der Waals surface area contributed by atoms with Gasteiger partial charge in [-0.2, -0.15) is 10.2 Å². The van der Waals surface area contributed by atoms with Crippen LogP contribution >= 0.6 is 12.4 Å². The summed E-state index contributed by atoms with van der Waals surface area (Å²) in [5, 5.41) is 14.3. The third-order valence-corrected chi connectivity index (χ3v) is 2.17. The normalized spacial score (nSPS) is 9.81. The lowest BCUT2D eigenvalue weighted by Gasteiger charge is -2.07. The zero-order valence-electron chi connectivity index (χ0n) is 9.18. The number of halogens is 1. The van der Waals surface area contributed by atoms with Gasteiger partial charge in [0, 0.05) is 18.8 Å². The lowest BCUT2D eigenvalue weighted by Crippen LogP contribution is -2.07. The number of hydrogen-bond donors (Lipinski definition) is 2. The minimum atomic E-state index is 0. The highest BCUT2D eigenvalue weighted by atomic mass is 35.5. The van der Waals surface area contributed by atoms with E-state index in [1.165, 1.54) is 0 Å². The highest BCUT2D eigenvalue weighted by Gasteiger charge is 2.00. The van der Waals surface area contributed by atoms with E-state index in [0.29, 0.717) is 0 Å². The minimum Gasteiger partial charge on any atom is -0.365 e. The van der Waals surface area contributed by atoms with Gasteiger partial charge < -0.3 is 5.32 Å². The Labute approximate surface area is 101 Å². The summed E-state index contributed by atoms with van der Waals surface area (Å²) < 4.78 is 1.97. The fraction of sp³-hybridized carbons (Fsp3) is 0.400. The molecule has 88 valence electrons. The van der Waals surface area contributed by atoms with Gasteiger partial charge in [0.05, 0.1) is 18.4 Å². The van der Waals surface area contributed by atoms with Crippen LogP contribution in [0.2, 0.25) is 0 Å². The van der Waals surface area contributed by atoms with Crippen molar-refractivity contribution in [3.63, 3.8) is 0 Å². The van der Waals surface area contributed by atoms with Crippen LogP contribution in [0, 0.1) is 0 Å². The van der Waals surface area contributed by atoms with E-state index >= 15 is 0 Å². The van der Waals surface area contributed by atoms with E-state index in [4.69, 9.17) is 0 Å². The molecule has 2 N–H and O–H groups in total. The monoisotopic (exact) mass is 241 g/mol. The van der Waals surface area contributed by atoms with Crippen molar-refractivity contribution in [3.8, 4) is 0 Å². The van der Waals surface area contributed by atoms with Crippen molar-refractivity contribution in [2.24, 2.45) is 0 Å². The molecule has 0 bridgehead atoms. The molecule has 2 aromatic heterocycles. The zero-order chi connectivity index (χ0) is 10.5. The third-order valence-electron chi connectivity index (χ3n) is 2.17. The number of nitrogens with zero attached hydrogens (tertiary/aromatic N) is 3. The van der Waals surface area contributed by atoms with Crippen molar-refractivity contribution in [1.82, 2.24) is 20.0 Å². The van der Waals surface area contributed by atoms with Gasteiger partial charge in [-0.05, 0) is 12.5 Å². The van der Waals surface area contributed by atoms with Gasteiger partial charge in [-0.15, -0.1) is 12.4 Å². The smallest absolute Gasteiger partial charge is 0.124 e. The SMILES string of the molecule is CCCn1nccc1NCc1ccn[nH]1.Cl. The van der Waals surface area contributed by atoms with Gasteiger partial charge in [-0.3, -0.25) is 5.10 Å². The largest absolute Gasteiger partial charge is 0.365 e. The number of hydrogen-bond acceptors (Lipinski definition) is 3. The topological polar surface area (TPSA) is 58.5 Å². The van der Waals surface area contributed by atoms with Gasteiger partial charge in [0.15, 0.2) is 0 Å². The first-order valence-electron chi connectivity index (χ1n) is 5.14. The van der Waals surface area contributed by atoms with E-state index in [9.17, 15) is 0 Å². The van der Waals surface area contributed by atoms with Gasteiger partial charge in [-0.25, -0.2) is 4.68 Å². The van der Waals surface area contributed by atoms with Crippen molar-refractivity contribution < 1.29 is 0 Å². The predicted octanol–water partition coefficient (Wildman–Crippen LogP) is 2.05. The molecule has 0 amide bonds. The Kier molecular flexibility index (Phi) is 4.85. The number of nitrogens with one attached hydrogen (secondary N) is 2. The number of H-pyrrole nitrogens is 1. The molecule has 2 heterocycles. The maximum atomic E-state index is 4.23. The van der Waals surface area contributed by atoms with E-state index in [2.05, 4.69) is 27.5 Å². The summed E-state index contributed by atoms with van der Waals surface area (Å²) in [5.41, 5.74) is 1.07. The highest BCUT2D eigenvalue weighted by molar-refractivity contribution is 5.85. The number of aromatic nitrogens is 4. The molecule has 0 spiro atoms. The Balaban J connectivity index is 0.00000128. The van der Waals surface area contributed by atoms with Crippen molar-refractivity contribution in [2.75, 3.05) is 5.32 Å². The van der Waals surface area contributed by atoms with Crippen LogP contribution in [0.5, 0.6) is 0 Å². The Hall–Kier alpha value is -1.49. The average Bonchev–Trinajstić information content (AvgIpc) is 2.85. The van der Waals surface area contributed by atoms with Gasteiger partial charge in [0.25, 0.3) is 0 Å². The Morgan fingerprint density at radius 3 is 2.94 bits per heavy atom. The van der Waals surface area contributed by atoms with Crippen LogP contribution in [0.1, 0.15) is 19.0 Å². The first kappa shape index (κ1) is 12.6. The second kappa shape index (κ2) is 6.17. The summed E-state index contributed by atoms with van der Waals surface area (Å²) in [6, 6.07) is 3.93. The summed E-state index contributed by atoms with van der Waals surface area (Å²) in [5.74, 6) is 1.05. The molecule has 0 aliphatic rings. The van der Waals surface area contributed by atoms with E-state index in [1.807, 2.05) is 23.0 Å². The summed E-state index contributed by atoms with van der Waals surface area (Å²) >= 11 is 0. The predicted molar refractivity (Wildman–Crippen MR) is 65.7 cm³/mol. The van der Waals surface area contributed by atoms with Crippen molar-refractivity contribution in [1.29, 1.82) is 0 Å². The number of rotatable bonds is 5. The van der Waals surface area contributed by atoms with Gasteiger partial charge >= 0.3 is 0 Å². The lowest BCUT2D eigenvalue weighted by atomic mass is 10.4. The third kappa shape index (κ3) is 3.00. The molecule has 2 aromatic rings. The molecule has 0 radical (unpaired) electrons. The van der Waals surface area contributed by atoms with Crippen LogP contribution in [-0.2, 0) is 13.1 Å². The van der Waals surface area contributed by atoms with E-state index in [-0.39, 0.29) is 12.4 Å². The molecular formula is C10H16ClN5. The molecule has 6 heteroatoms. The standard InChI is InChI=1S/C10H15N5.ClH/c1-2-7-15-10(4-6-13-15)11-8-9-3-5-12-14-9;/h3-6,11H,2,7-8H2,1H3,(H,12,14);1H. The number of aryl methyl sites for hydroxylation is 1. The van der Waals surface area contributed by atoms with Crippen LogP contribution in [0.25, 0.3) is 0 Å². The summed E-state index contributed by atoms with van der Waals surface area (Å²) in [7, 11) is 0. The quantitative estimate of drug-likeness (QED) is 0.843. The molecule has 0 saturated heterocycles. The van der Waals surface area contributed by atoms with Crippen LogP contribution < -0.4 is 5.32 Å². The van der Waals surface area contributed by atoms with Crippen LogP contribution in [-0.4, -0.2) is 20.0 Å². The molecule has 0 unspecified atom stereocenters. The molecule has 0 saturated carbocycles. The van der Waals surface area contributed by atoms with Gasteiger partial charge in [-0.1, -0.05) is 6.92 Å². The maximum absolute atomic E-state index is 4.23. The minimum absolute atomic E-state index is 0. The molecule has 2 rings (SSSR count). The molecule has 5 nitrogen and oxygen atoms in total. The van der Waals surface area contributed by atoms with Crippen LogP contribution in [0.3, 0.4) is 0 Å². The first-order valence-corrected chi connectivity index (χ1v) is 5.14. The van der Waals surface area contributed by atoms with Crippen molar-refractivity contribution in [2.45, 2.75) is 26.4 Å². The number of anilines is 1. The fourth-order valence-corrected chi connectivity index (χ4v) is 1.44. The average molecular weight is 242 g/mol. The lowest BCUT2D eigenvalue weighted by molar-refractivity contribution is 0.607. The second-order valence-electron chi connectivity index (χ2n) is 3.38. The molecule has 0 atom stereocenters. The van der Waals surface area contributed by atoms with Crippen molar-refractivity contribution in [3.05, 3.63) is 30.2 Å². The molecule has 0 aromatic carbocycles. The van der Waals surface area contributed by atoms with Gasteiger partial charge in [0.1, 0.15) is 5.82 Å². The molecule has 0 fully saturated rings. The van der Waals surface area contributed by atoms with Crippen LogP contribution in [0.15, 0.2) is 24.5 Å². The Morgan fingerprint density at radius 2 is 2.25 bits per heavy atom. The Bertz CT molecular complexity index is 395. The van der Waals surface area contributed by atoms with E-state index in [0.717, 1.165) is 31.0 Å². The van der Waals surface area contributed by atoms with E-state index in [1.54, 1.807) is 6.20 Å².